The number of likely N-dealkylation sites (N-methyl/N-ethyl adjacent to an activating group) is 1. The van der Waals surface area contributed by atoms with E-state index in [2.05, 4.69) is 56.5 Å². The largest absolute Gasteiger partial charge is 0.316 e. The van der Waals surface area contributed by atoms with Crippen molar-refractivity contribution in [3.63, 3.8) is 0 Å². The molecule has 0 aromatic heterocycles. The van der Waals surface area contributed by atoms with Crippen LogP contribution in [0.1, 0.15) is 51.5 Å². The molecule has 1 N–H and O–H groups in total. The molecule has 1 aromatic carbocycles. The molecule has 2 rings (SSSR count). The van der Waals surface area contributed by atoms with Crippen molar-refractivity contribution in [1.82, 2.24) is 5.32 Å². The van der Waals surface area contributed by atoms with Crippen LogP contribution in [-0.4, -0.2) is 13.1 Å². The van der Waals surface area contributed by atoms with Crippen LogP contribution in [-0.2, 0) is 5.41 Å². The van der Waals surface area contributed by atoms with Crippen LogP contribution in [0.2, 0.25) is 0 Å². The molecule has 0 aliphatic heterocycles. The van der Waals surface area contributed by atoms with E-state index in [9.17, 15) is 0 Å². The predicted octanol–water partition coefficient (Wildman–Crippen LogP) is 4.13. The Morgan fingerprint density at radius 3 is 2.17 bits per heavy atom. The predicted molar refractivity (Wildman–Crippen MR) is 78.9 cm³/mol. The standard InChI is InChI=1S/C17H27N/c1-4-17(5-2,15-12-7-6-8-13-15)16(18-3)14-10-9-11-14/h6-8,12-14,16,18H,4-5,9-11H2,1-3H3. The Labute approximate surface area is 112 Å². The van der Waals surface area contributed by atoms with Gasteiger partial charge in [0.05, 0.1) is 0 Å². The molecule has 100 valence electrons. The number of rotatable bonds is 6. The zero-order valence-electron chi connectivity index (χ0n) is 12.1. The van der Waals surface area contributed by atoms with Crippen LogP contribution < -0.4 is 5.32 Å². The maximum atomic E-state index is 3.65. The summed E-state index contributed by atoms with van der Waals surface area (Å²) in [5, 5.41) is 3.65. The van der Waals surface area contributed by atoms with Gasteiger partial charge in [-0.3, -0.25) is 0 Å². The van der Waals surface area contributed by atoms with Crippen molar-refractivity contribution in [3.8, 4) is 0 Å². The molecule has 1 aliphatic rings. The molecule has 0 bridgehead atoms. The molecule has 0 radical (unpaired) electrons. The SMILES string of the molecule is CCC(CC)(c1ccccc1)C(NC)C1CCC1. The van der Waals surface area contributed by atoms with Crippen molar-refractivity contribution >= 4 is 0 Å². The molecule has 1 fully saturated rings. The van der Waals surface area contributed by atoms with Crippen molar-refractivity contribution in [1.29, 1.82) is 0 Å². The van der Waals surface area contributed by atoms with Crippen LogP contribution in [0.5, 0.6) is 0 Å². The molecule has 0 heterocycles. The summed E-state index contributed by atoms with van der Waals surface area (Å²) >= 11 is 0. The van der Waals surface area contributed by atoms with E-state index in [-0.39, 0.29) is 0 Å². The van der Waals surface area contributed by atoms with E-state index in [1.54, 1.807) is 0 Å². The zero-order valence-corrected chi connectivity index (χ0v) is 12.1. The topological polar surface area (TPSA) is 12.0 Å². The highest BCUT2D eigenvalue weighted by Crippen LogP contribution is 2.43. The van der Waals surface area contributed by atoms with Gasteiger partial charge in [0, 0.05) is 11.5 Å². The molecule has 0 saturated heterocycles. The van der Waals surface area contributed by atoms with Gasteiger partial charge in [-0.15, -0.1) is 0 Å². The second-order valence-electron chi connectivity index (χ2n) is 5.69. The van der Waals surface area contributed by atoms with E-state index >= 15 is 0 Å². The van der Waals surface area contributed by atoms with Crippen LogP contribution >= 0.6 is 0 Å². The van der Waals surface area contributed by atoms with Crippen LogP contribution in [0.4, 0.5) is 0 Å². The Hall–Kier alpha value is -0.820. The molecule has 1 atom stereocenters. The minimum absolute atomic E-state index is 0.307. The Morgan fingerprint density at radius 1 is 1.17 bits per heavy atom. The first-order chi connectivity index (χ1) is 8.78. The average molecular weight is 245 g/mol. The van der Waals surface area contributed by atoms with Gasteiger partial charge in [0.2, 0.25) is 0 Å². The van der Waals surface area contributed by atoms with Crippen molar-refractivity contribution < 1.29 is 0 Å². The van der Waals surface area contributed by atoms with Crippen molar-refractivity contribution in [2.45, 2.75) is 57.4 Å². The zero-order chi connectivity index (χ0) is 13.0. The average Bonchev–Trinajstić information content (AvgIpc) is 2.38. The molecule has 18 heavy (non-hydrogen) atoms. The van der Waals surface area contributed by atoms with Gasteiger partial charge >= 0.3 is 0 Å². The third-order valence-electron chi connectivity index (χ3n) is 5.14. The lowest BCUT2D eigenvalue weighted by atomic mass is 9.62. The van der Waals surface area contributed by atoms with E-state index in [4.69, 9.17) is 0 Å². The van der Waals surface area contributed by atoms with E-state index in [1.165, 1.54) is 37.7 Å². The molecule has 1 heteroatoms. The first-order valence-electron chi connectivity index (χ1n) is 7.51. The first kappa shape index (κ1) is 13.6. The summed E-state index contributed by atoms with van der Waals surface area (Å²) in [4.78, 5) is 0. The maximum absolute atomic E-state index is 3.65. The first-order valence-corrected chi connectivity index (χ1v) is 7.51. The smallest absolute Gasteiger partial charge is 0.0189 e. The fourth-order valence-electron chi connectivity index (χ4n) is 3.78. The number of hydrogen-bond acceptors (Lipinski definition) is 1. The van der Waals surface area contributed by atoms with Crippen molar-refractivity contribution in [3.05, 3.63) is 35.9 Å². The van der Waals surface area contributed by atoms with Gasteiger partial charge in [0.15, 0.2) is 0 Å². The third-order valence-corrected chi connectivity index (χ3v) is 5.14. The second kappa shape index (κ2) is 5.88. The molecule has 1 unspecified atom stereocenters. The normalized spacial score (nSPS) is 18.4. The fourth-order valence-corrected chi connectivity index (χ4v) is 3.78. The summed E-state index contributed by atoms with van der Waals surface area (Å²) < 4.78 is 0. The highest BCUT2D eigenvalue weighted by atomic mass is 14.9. The Kier molecular flexibility index (Phi) is 4.45. The Morgan fingerprint density at radius 2 is 1.78 bits per heavy atom. The minimum atomic E-state index is 0.307. The third kappa shape index (κ3) is 2.21. The van der Waals surface area contributed by atoms with Crippen LogP contribution in [0.15, 0.2) is 30.3 Å². The summed E-state index contributed by atoms with van der Waals surface area (Å²) in [6, 6.07) is 11.7. The van der Waals surface area contributed by atoms with Gasteiger partial charge in [0.25, 0.3) is 0 Å². The molecule has 1 aliphatic carbocycles. The molecule has 1 nitrogen and oxygen atoms in total. The van der Waals surface area contributed by atoms with Gasteiger partial charge in [-0.2, -0.15) is 0 Å². The highest BCUT2D eigenvalue weighted by molar-refractivity contribution is 5.28. The summed E-state index contributed by atoms with van der Waals surface area (Å²) in [7, 11) is 2.14. The maximum Gasteiger partial charge on any atom is 0.0189 e. The molecule has 1 saturated carbocycles. The highest BCUT2D eigenvalue weighted by Gasteiger charge is 2.42. The van der Waals surface area contributed by atoms with Crippen LogP contribution in [0, 0.1) is 5.92 Å². The molecule has 1 aromatic rings. The van der Waals surface area contributed by atoms with Gasteiger partial charge in [0.1, 0.15) is 0 Å². The number of nitrogens with one attached hydrogen (secondary N) is 1. The monoisotopic (exact) mass is 245 g/mol. The number of hydrogen-bond donors (Lipinski definition) is 1. The van der Waals surface area contributed by atoms with Gasteiger partial charge in [-0.25, -0.2) is 0 Å². The molecule has 0 spiro atoms. The lowest BCUT2D eigenvalue weighted by molar-refractivity contribution is 0.145. The lowest BCUT2D eigenvalue weighted by Crippen LogP contribution is -2.52. The molecule has 0 amide bonds. The summed E-state index contributed by atoms with van der Waals surface area (Å²) in [5.41, 5.74) is 1.82. The van der Waals surface area contributed by atoms with E-state index in [0.717, 1.165) is 5.92 Å². The van der Waals surface area contributed by atoms with Gasteiger partial charge in [-0.05, 0) is 44.2 Å². The molecular formula is C17H27N. The van der Waals surface area contributed by atoms with Crippen LogP contribution in [0.3, 0.4) is 0 Å². The van der Waals surface area contributed by atoms with Crippen molar-refractivity contribution in [2.75, 3.05) is 7.05 Å². The molecular weight excluding hydrogens is 218 g/mol. The van der Waals surface area contributed by atoms with E-state index in [1.807, 2.05) is 0 Å². The summed E-state index contributed by atoms with van der Waals surface area (Å²) in [6.07, 6.45) is 6.66. The van der Waals surface area contributed by atoms with E-state index in [0.29, 0.717) is 11.5 Å². The number of benzene rings is 1. The lowest BCUT2D eigenvalue weighted by Gasteiger charge is -2.47. The summed E-state index contributed by atoms with van der Waals surface area (Å²) in [6.45, 7) is 4.69. The fraction of sp³-hybridized carbons (Fsp3) is 0.647. The quantitative estimate of drug-likeness (QED) is 0.794. The van der Waals surface area contributed by atoms with E-state index < -0.39 is 0 Å². The Balaban J connectivity index is 2.35. The second-order valence-corrected chi connectivity index (χ2v) is 5.69. The van der Waals surface area contributed by atoms with Crippen molar-refractivity contribution in [2.24, 2.45) is 5.92 Å². The van der Waals surface area contributed by atoms with Crippen LogP contribution in [0.25, 0.3) is 0 Å². The minimum Gasteiger partial charge on any atom is -0.316 e. The summed E-state index contributed by atoms with van der Waals surface area (Å²) in [5.74, 6) is 0.870. The Bertz CT molecular complexity index is 349. The van der Waals surface area contributed by atoms with Gasteiger partial charge < -0.3 is 5.32 Å². The van der Waals surface area contributed by atoms with Gasteiger partial charge in [-0.1, -0.05) is 50.6 Å².